The molecule has 0 saturated carbocycles. The minimum absolute atomic E-state index is 0.0949. The van der Waals surface area contributed by atoms with Gasteiger partial charge in [-0.3, -0.25) is 4.79 Å². The van der Waals surface area contributed by atoms with E-state index >= 15 is 0 Å². The lowest BCUT2D eigenvalue weighted by atomic mass is 10.2. The highest BCUT2D eigenvalue weighted by Gasteiger charge is 2.28. The molecule has 82 valence electrons. The summed E-state index contributed by atoms with van der Waals surface area (Å²) in [4.78, 5) is 10.6. The molecule has 5 nitrogen and oxygen atoms in total. The SMILES string of the molecule is CC(CN1CCCCS1(=O)=O)C(=O)O. The fraction of sp³-hybridized carbons (Fsp3) is 0.875. The number of carboxylic acid groups (broad SMARTS) is 1. The maximum Gasteiger partial charge on any atom is 0.307 e. The summed E-state index contributed by atoms with van der Waals surface area (Å²) < 4.78 is 24.2. The molecule has 1 N–H and O–H groups in total. The average molecular weight is 221 g/mol. The van der Waals surface area contributed by atoms with Crippen LogP contribution in [0.25, 0.3) is 0 Å². The van der Waals surface area contributed by atoms with Gasteiger partial charge < -0.3 is 5.11 Å². The van der Waals surface area contributed by atoms with Crippen LogP contribution >= 0.6 is 0 Å². The Hall–Kier alpha value is -0.620. The molecule has 1 rings (SSSR count). The van der Waals surface area contributed by atoms with E-state index in [2.05, 4.69) is 0 Å². The van der Waals surface area contributed by atoms with E-state index in [0.717, 1.165) is 6.42 Å². The van der Waals surface area contributed by atoms with Gasteiger partial charge in [0, 0.05) is 13.1 Å². The maximum atomic E-state index is 11.5. The quantitative estimate of drug-likeness (QED) is 0.735. The molecule has 1 unspecified atom stereocenters. The van der Waals surface area contributed by atoms with Gasteiger partial charge in [0.2, 0.25) is 10.0 Å². The Morgan fingerprint density at radius 2 is 2.14 bits per heavy atom. The third-order valence-corrected chi connectivity index (χ3v) is 4.28. The molecule has 0 aromatic carbocycles. The Morgan fingerprint density at radius 3 is 2.64 bits per heavy atom. The van der Waals surface area contributed by atoms with Crippen molar-refractivity contribution in [3.8, 4) is 0 Å². The lowest BCUT2D eigenvalue weighted by molar-refractivity contribution is -0.141. The van der Waals surface area contributed by atoms with E-state index in [1.54, 1.807) is 0 Å². The number of hydrogen-bond donors (Lipinski definition) is 1. The third kappa shape index (κ3) is 2.68. The fourth-order valence-electron chi connectivity index (χ4n) is 1.43. The summed E-state index contributed by atoms with van der Waals surface area (Å²) in [5.41, 5.74) is 0. The minimum atomic E-state index is -3.18. The molecule has 0 radical (unpaired) electrons. The normalized spacial score (nSPS) is 24.4. The van der Waals surface area contributed by atoms with Gasteiger partial charge in [0.05, 0.1) is 11.7 Å². The number of hydrogen-bond acceptors (Lipinski definition) is 3. The molecule has 14 heavy (non-hydrogen) atoms. The largest absolute Gasteiger partial charge is 0.481 e. The topological polar surface area (TPSA) is 74.7 Å². The Bertz CT molecular complexity index is 311. The van der Waals surface area contributed by atoms with E-state index in [-0.39, 0.29) is 12.3 Å². The summed E-state index contributed by atoms with van der Waals surface area (Å²) in [6.07, 6.45) is 1.51. The summed E-state index contributed by atoms with van der Waals surface area (Å²) in [6.45, 7) is 2.07. The highest BCUT2D eigenvalue weighted by atomic mass is 32.2. The van der Waals surface area contributed by atoms with Gasteiger partial charge in [0.15, 0.2) is 0 Å². The number of carbonyl (C=O) groups is 1. The van der Waals surface area contributed by atoms with E-state index in [1.165, 1.54) is 11.2 Å². The molecule has 1 aliphatic heterocycles. The third-order valence-electron chi connectivity index (χ3n) is 2.35. The van der Waals surface area contributed by atoms with Crippen molar-refractivity contribution in [3.63, 3.8) is 0 Å². The molecule has 0 spiro atoms. The Morgan fingerprint density at radius 1 is 1.50 bits per heavy atom. The first-order valence-corrected chi connectivity index (χ1v) is 6.25. The molecule has 1 saturated heterocycles. The molecule has 0 aromatic rings. The minimum Gasteiger partial charge on any atom is -0.481 e. The first kappa shape index (κ1) is 11.5. The fourth-order valence-corrected chi connectivity index (χ4v) is 3.11. The van der Waals surface area contributed by atoms with Crippen molar-refractivity contribution in [2.45, 2.75) is 19.8 Å². The van der Waals surface area contributed by atoms with Crippen LogP contribution in [0.2, 0.25) is 0 Å². The number of carboxylic acids is 1. The van der Waals surface area contributed by atoms with Crippen molar-refractivity contribution in [1.82, 2.24) is 4.31 Å². The number of sulfonamides is 1. The van der Waals surface area contributed by atoms with Crippen molar-refractivity contribution in [3.05, 3.63) is 0 Å². The summed E-state index contributed by atoms with van der Waals surface area (Å²) in [5, 5.41) is 8.66. The van der Waals surface area contributed by atoms with Crippen LogP contribution in [-0.2, 0) is 14.8 Å². The molecular formula is C8H15NO4S. The van der Waals surface area contributed by atoms with Gasteiger partial charge in [-0.25, -0.2) is 12.7 Å². The first-order chi connectivity index (χ1) is 6.43. The van der Waals surface area contributed by atoms with Crippen molar-refractivity contribution < 1.29 is 18.3 Å². The van der Waals surface area contributed by atoms with Crippen molar-refractivity contribution in [2.24, 2.45) is 5.92 Å². The molecule has 0 aromatic heterocycles. The van der Waals surface area contributed by atoms with Crippen molar-refractivity contribution >= 4 is 16.0 Å². The van der Waals surface area contributed by atoms with Gasteiger partial charge in [-0.15, -0.1) is 0 Å². The first-order valence-electron chi connectivity index (χ1n) is 4.64. The van der Waals surface area contributed by atoms with Crippen LogP contribution in [0, 0.1) is 5.92 Å². The molecule has 1 atom stereocenters. The second-order valence-electron chi connectivity index (χ2n) is 3.62. The van der Waals surface area contributed by atoms with Crippen LogP contribution in [0.15, 0.2) is 0 Å². The van der Waals surface area contributed by atoms with E-state index in [9.17, 15) is 13.2 Å². The molecular weight excluding hydrogens is 206 g/mol. The highest BCUT2D eigenvalue weighted by Crippen LogP contribution is 2.15. The lowest BCUT2D eigenvalue weighted by Crippen LogP contribution is -2.41. The molecule has 0 aliphatic carbocycles. The van der Waals surface area contributed by atoms with Gasteiger partial charge in [0.1, 0.15) is 0 Å². The maximum absolute atomic E-state index is 11.5. The highest BCUT2D eigenvalue weighted by molar-refractivity contribution is 7.89. The standard InChI is InChI=1S/C8H15NO4S/c1-7(8(10)11)6-9-4-2-3-5-14(9,12)13/h7H,2-6H2,1H3,(H,10,11). The Kier molecular flexibility index (Phi) is 3.49. The Balaban J connectivity index is 2.63. The van der Waals surface area contributed by atoms with E-state index in [0.29, 0.717) is 13.0 Å². The van der Waals surface area contributed by atoms with Gasteiger partial charge in [-0.1, -0.05) is 6.92 Å². The number of aliphatic carboxylic acids is 1. The predicted octanol–water partition coefficient (Wildman–Crippen LogP) is 0.133. The summed E-state index contributed by atoms with van der Waals surface area (Å²) in [5.74, 6) is -1.44. The zero-order valence-corrected chi connectivity index (χ0v) is 8.96. The molecule has 1 heterocycles. The average Bonchev–Trinajstić information content (AvgIpc) is 2.08. The monoisotopic (exact) mass is 221 g/mol. The van der Waals surface area contributed by atoms with Gasteiger partial charge in [-0.2, -0.15) is 0 Å². The molecule has 0 bridgehead atoms. The van der Waals surface area contributed by atoms with Crippen molar-refractivity contribution in [1.29, 1.82) is 0 Å². The van der Waals surface area contributed by atoms with Gasteiger partial charge >= 0.3 is 5.97 Å². The van der Waals surface area contributed by atoms with Crippen LogP contribution in [0.5, 0.6) is 0 Å². The van der Waals surface area contributed by atoms with Crippen LogP contribution in [0.1, 0.15) is 19.8 Å². The summed E-state index contributed by atoms with van der Waals surface area (Å²) in [7, 11) is -3.18. The van der Waals surface area contributed by atoms with Gasteiger partial charge in [-0.05, 0) is 12.8 Å². The molecule has 1 aliphatic rings. The van der Waals surface area contributed by atoms with E-state index in [1.807, 2.05) is 0 Å². The zero-order chi connectivity index (χ0) is 10.8. The van der Waals surface area contributed by atoms with Crippen LogP contribution in [0.3, 0.4) is 0 Å². The molecule has 1 fully saturated rings. The van der Waals surface area contributed by atoms with E-state index < -0.39 is 21.9 Å². The number of nitrogens with zero attached hydrogens (tertiary/aromatic N) is 1. The lowest BCUT2D eigenvalue weighted by Gasteiger charge is -2.27. The smallest absolute Gasteiger partial charge is 0.307 e. The Labute approximate surface area is 83.8 Å². The summed E-state index contributed by atoms with van der Waals surface area (Å²) in [6, 6.07) is 0. The second-order valence-corrected chi connectivity index (χ2v) is 5.71. The zero-order valence-electron chi connectivity index (χ0n) is 8.14. The van der Waals surface area contributed by atoms with Crippen LogP contribution in [-0.4, -0.2) is 42.6 Å². The molecule has 0 amide bonds. The molecule has 6 heteroatoms. The second kappa shape index (κ2) is 4.27. The number of rotatable bonds is 3. The van der Waals surface area contributed by atoms with Gasteiger partial charge in [0.25, 0.3) is 0 Å². The van der Waals surface area contributed by atoms with Crippen molar-refractivity contribution in [2.75, 3.05) is 18.8 Å². The van der Waals surface area contributed by atoms with Crippen LogP contribution in [0.4, 0.5) is 0 Å². The summed E-state index contributed by atoms with van der Waals surface area (Å²) >= 11 is 0. The van der Waals surface area contributed by atoms with E-state index in [4.69, 9.17) is 5.11 Å². The van der Waals surface area contributed by atoms with Crippen LogP contribution < -0.4 is 0 Å². The predicted molar refractivity (Wildman–Crippen MR) is 51.4 cm³/mol.